The molecule has 43 heavy (non-hydrogen) atoms. The first-order chi connectivity index (χ1) is 20.2. The highest BCUT2D eigenvalue weighted by atomic mass is 35.5. The molecule has 0 bridgehead atoms. The summed E-state index contributed by atoms with van der Waals surface area (Å²) in [5.41, 5.74) is -0.706. The molecule has 226 valence electrons. The summed E-state index contributed by atoms with van der Waals surface area (Å²) < 4.78 is 99.4. The van der Waals surface area contributed by atoms with Crippen molar-refractivity contribution in [2.24, 2.45) is 0 Å². The minimum Gasteiger partial charge on any atom is -0.445 e. The van der Waals surface area contributed by atoms with Gasteiger partial charge in [0.15, 0.2) is 12.5 Å². The maximum Gasteiger partial charge on any atom is 0.454 e. The van der Waals surface area contributed by atoms with Gasteiger partial charge in [-0.25, -0.2) is 26.1 Å². The molecule has 0 amide bonds. The number of benzene rings is 3. The normalized spacial score (nSPS) is 12.1. The van der Waals surface area contributed by atoms with Crippen LogP contribution in [0, 0.1) is 0 Å². The van der Waals surface area contributed by atoms with Crippen LogP contribution in [0.15, 0.2) is 88.8 Å². The van der Waals surface area contributed by atoms with E-state index in [0.29, 0.717) is 0 Å². The van der Waals surface area contributed by atoms with Crippen molar-refractivity contribution < 1.29 is 44.3 Å². The lowest BCUT2D eigenvalue weighted by atomic mass is 10.1. The highest BCUT2D eigenvalue weighted by molar-refractivity contribution is 7.93. The van der Waals surface area contributed by atoms with E-state index in [-0.39, 0.29) is 45.2 Å². The molecule has 0 aliphatic rings. The molecule has 0 saturated heterocycles. The average molecular weight is 656 g/mol. The number of aromatic nitrogens is 1. The maximum atomic E-state index is 13.6. The molecule has 10 nitrogen and oxygen atoms in total. The van der Waals surface area contributed by atoms with Crippen molar-refractivity contribution in [2.45, 2.75) is 22.9 Å². The Morgan fingerprint density at radius 3 is 1.95 bits per heavy atom. The van der Waals surface area contributed by atoms with Gasteiger partial charge in [0, 0.05) is 27.9 Å². The van der Waals surface area contributed by atoms with Crippen molar-refractivity contribution in [3.8, 4) is 0 Å². The van der Waals surface area contributed by atoms with Crippen molar-refractivity contribution in [3.63, 3.8) is 0 Å². The van der Waals surface area contributed by atoms with Gasteiger partial charge in [0.05, 0.1) is 21.7 Å². The minimum absolute atomic E-state index is 0.0254. The Labute approximate surface area is 249 Å². The van der Waals surface area contributed by atoms with Gasteiger partial charge in [-0.1, -0.05) is 35.9 Å². The van der Waals surface area contributed by atoms with Crippen LogP contribution >= 0.6 is 11.6 Å². The molecule has 1 heterocycles. The first-order valence-corrected chi connectivity index (χ1v) is 15.4. The molecule has 1 aromatic heterocycles. The number of fused-ring (bicyclic) bond motifs is 1. The van der Waals surface area contributed by atoms with E-state index in [2.05, 4.69) is 4.98 Å². The largest absolute Gasteiger partial charge is 0.454 e. The number of hydrogen-bond donors (Lipinski definition) is 0. The number of pyridine rings is 1. The molecule has 4 aromatic rings. The van der Waals surface area contributed by atoms with E-state index in [1.807, 2.05) is 0 Å². The predicted octanol–water partition coefficient (Wildman–Crippen LogP) is 5.17. The van der Waals surface area contributed by atoms with Crippen molar-refractivity contribution in [1.29, 1.82) is 0 Å². The third-order valence-electron chi connectivity index (χ3n) is 6.17. The lowest BCUT2D eigenvalue weighted by Crippen LogP contribution is -2.35. The van der Waals surface area contributed by atoms with Gasteiger partial charge in [-0.3, -0.25) is 13.9 Å². The first kappa shape index (κ1) is 31.7. The molecule has 0 aliphatic carbocycles. The van der Waals surface area contributed by atoms with E-state index in [1.165, 1.54) is 43.3 Å². The Bertz CT molecular complexity index is 1890. The molecule has 0 spiro atoms. The summed E-state index contributed by atoms with van der Waals surface area (Å²) in [6.07, 6.45) is -4.01. The van der Waals surface area contributed by atoms with E-state index in [9.17, 15) is 39.6 Å². The standard InChI is InChI=1S/C27H21ClF3N3O7S2/c1-2-33(42(37,38)20-11-7-18(8-12-20)25(36)27(29,30)31)24-15-32-26(23-6-4-3-5-22(23)24)34(16-41-17-35)43(39,40)21-13-9-19(28)10-14-21/h3-15,17H,2,16H2,1H3. The number of anilines is 2. The number of halogens is 4. The van der Waals surface area contributed by atoms with Gasteiger partial charge < -0.3 is 4.74 Å². The molecule has 0 fully saturated rings. The summed E-state index contributed by atoms with van der Waals surface area (Å²) in [6, 6.07) is 14.7. The summed E-state index contributed by atoms with van der Waals surface area (Å²) in [5.74, 6) is -2.30. The number of Topliss-reactive ketones (excluding diaryl/α,β-unsaturated/α-hetero) is 1. The Morgan fingerprint density at radius 2 is 1.42 bits per heavy atom. The Balaban J connectivity index is 1.83. The molecule has 4 rings (SSSR count). The molecule has 0 N–H and O–H groups in total. The zero-order valence-corrected chi connectivity index (χ0v) is 24.4. The van der Waals surface area contributed by atoms with Crippen LogP contribution in [-0.2, 0) is 29.6 Å². The van der Waals surface area contributed by atoms with Crippen LogP contribution in [0.3, 0.4) is 0 Å². The van der Waals surface area contributed by atoms with Crippen LogP contribution in [0.25, 0.3) is 10.8 Å². The molecule has 0 atom stereocenters. The quantitative estimate of drug-likeness (QED) is 0.123. The monoisotopic (exact) mass is 655 g/mol. The minimum atomic E-state index is -5.13. The van der Waals surface area contributed by atoms with Crippen LogP contribution < -0.4 is 8.61 Å². The number of nitrogens with zero attached hydrogens (tertiary/aromatic N) is 3. The molecule has 0 unspecified atom stereocenters. The number of ether oxygens (including phenoxy) is 1. The van der Waals surface area contributed by atoms with Crippen LogP contribution in [-0.4, -0.2) is 53.5 Å². The average Bonchev–Trinajstić information content (AvgIpc) is 2.97. The summed E-state index contributed by atoms with van der Waals surface area (Å²) in [7, 11) is -8.79. The summed E-state index contributed by atoms with van der Waals surface area (Å²) in [5, 5.41) is 0.695. The Hall–Kier alpha value is -4.21. The second-order valence-electron chi connectivity index (χ2n) is 8.73. The number of rotatable bonds is 11. The number of alkyl halides is 3. The SMILES string of the molecule is CCN(c1cnc(N(COC=O)S(=O)(=O)c2ccc(Cl)cc2)c2ccccc12)S(=O)(=O)c1ccc(C(=O)C(F)(F)F)cc1. The zero-order chi connectivity index (χ0) is 31.6. The second-order valence-corrected chi connectivity index (χ2v) is 12.9. The van der Waals surface area contributed by atoms with Crippen molar-refractivity contribution in [3.05, 3.63) is 89.6 Å². The maximum absolute atomic E-state index is 13.6. The first-order valence-electron chi connectivity index (χ1n) is 12.2. The number of ketones is 1. The number of sulfonamides is 2. The van der Waals surface area contributed by atoms with Gasteiger partial charge in [-0.2, -0.15) is 13.2 Å². The zero-order valence-electron chi connectivity index (χ0n) is 22.0. The third kappa shape index (κ3) is 6.28. The topological polar surface area (TPSA) is 131 Å². The van der Waals surface area contributed by atoms with Crippen LogP contribution in [0.1, 0.15) is 17.3 Å². The molecule has 0 saturated carbocycles. The second kappa shape index (κ2) is 12.2. The molecular weight excluding hydrogens is 635 g/mol. The van der Waals surface area contributed by atoms with E-state index >= 15 is 0 Å². The fraction of sp³-hybridized carbons (Fsp3) is 0.148. The summed E-state index contributed by atoms with van der Waals surface area (Å²) in [4.78, 5) is 26.2. The summed E-state index contributed by atoms with van der Waals surface area (Å²) in [6.45, 7) is 0.651. The predicted molar refractivity (Wildman–Crippen MR) is 152 cm³/mol. The van der Waals surface area contributed by atoms with Gasteiger partial charge in [-0.05, 0) is 55.5 Å². The highest BCUT2D eigenvalue weighted by Gasteiger charge is 2.39. The lowest BCUT2D eigenvalue weighted by molar-refractivity contribution is -0.128. The smallest absolute Gasteiger partial charge is 0.445 e. The molecule has 3 aromatic carbocycles. The van der Waals surface area contributed by atoms with Crippen molar-refractivity contribution >= 4 is 66.2 Å². The molecule has 16 heteroatoms. The lowest BCUT2D eigenvalue weighted by Gasteiger charge is -2.27. The Kier molecular flexibility index (Phi) is 8.99. The number of carbonyl (C=O) groups excluding carboxylic acids is 2. The Morgan fingerprint density at radius 1 is 0.884 bits per heavy atom. The van der Waals surface area contributed by atoms with Crippen molar-refractivity contribution in [2.75, 3.05) is 21.9 Å². The van der Waals surface area contributed by atoms with Gasteiger partial charge in [0.25, 0.3) is 32.3 Å². The fourth-order valence-electron chi connectivity index (χ4n) is 4.18. The van der Waals surface area contributed by atoms with E-state index in [4.69, 9.17) is 16.3 Å². The van der Waals surface area contributed by atoms with Gasteiger partial charge in [0.2, 0.25) is 0 Å². The number of carbonyl (C=O) groups is 2. The van der Waals surface area contributed by atoms with Crippen LogP contribution in [0.5, 0.6) is 0 Å². The van der Waals surface area contributed by atoms with Crippen LogP contribution in [0.4, 0.5) is 24.7 Å². The number of hydrogen-bond acceptors (Lipinski definition) is 8. The molecule has 0 radical (unpaired) electrons. The van der Waals surface area contributed by atoms with Crippen LogP contribution in [0.2, 0.25) is 5.02 Å². The van der Waals surface area contributed by atoms with E-state index in [0.717, 1.165) is 39.1 Å². The van der Waals surface area contributed by atoms with Gasteiger partial charge >= 0.3 is 6.18 Å². The van der Waals surface area contributed by atoms with Gasteiger partial charge in [-0.15, -0.1) is 0 Å². The highest BCUT2D eigenvalue weighted by Crippen LogP contribution is 2.37. The van der Waals surface area contributed by atoms with E-state index < -0.39 is 49.2 Å². The van der Waals surface area contributed by atoms with Gasteiger partial charge in [0.1, 0.15) is 0 Å². The third-order valence-corrected chi connectivity index (χ3v) is 10.1. The van der Waals surface area contributed by atoms with Crippen molar-refractivity contribution in [1.82, 2.24) is 4.98 Å². The fourth-order valence-corrected chi connectivity index (χ4v) is 7.09. The van der Waals surface area contributed by atoms with E-state index in [1.54, 1.807) is 12.1 Å². The molecule has 0 aliphatic heterocycles. The molecular formula is C27H21ClF3N3O7S2. The summed E-state index contributed by atoms with van der Waals surface area (Å²) >= 11 is 5.90.